The van der Waals surface area contributed by atoms with Gasteiger partial charge >= 0.3 is 16.5 Å². The van der Waals surface area contributed by atoms with Crippen LogP contribution in [0.3, 0.4) is 0 Å². The second-order valence-corrected chi connectivity index (χ2v) is 13.6. The Kier molecular flexibility index (Phi) is 6.79. The third-order valence-corrected chi connectivity index (χ3v) is 10.1. The zero-order chi connectivity index (χ0) is 32.9. The van der Waals surface area contributed by atoms with Crippen molar-refractivity contribution < 1.29 is 42.4 Å². The number of aromatic amines is 2. The van der Waals surface area contributed by atoms with Gasteiger partial charge in [-0.05, 0) is 12.1 Å². The van der Waals surface area contributed by atoms with Crippen molar-refractivity contribution in [2.45, 2.75) is 9.79 Å². The molecular weight excluding hydrogens is 715 g/mol. The Morgan fingerprint density at radius 1 is 0.449 bits per heavy atom. The molecule has 0 fully saturated rings. The van der Waals surface area contributed by atoms with Crippen molar-refractivity contribution in [2.24, 2.45) is 0 Å². The van der Waals surface area contributed by atoms with Gasteiger partial charge in [0, 0.05) is 43.8 Å². The number of benzene rings is 4. The largest absolute Gasteiger partial charge is 2.00 e. The molecule has 0 aliphatic carbocycles. The van der Waals surface area contributed by atoms with Gasteiger partial charge in [-0.3, -0.25) is 0 Å². The number of aromatic nitrogens is 8. The number of hydrogen-bond acceptors (Lipinski definition) is 12. The van der Waals surface area contributed by atoms with E-state index < -0.39 is 35.4 Å². The Labute approximate surface area is 285 Å². The maximum Gasteiger partial charge on any atom is 2.00 e. The fraction of sp³-hybridized carbons (Fsp3) is 0. The summed E-state index contributed by atoms with van der Waals surface area (Å²) in [5, 5.41) is 1.13. The Morgan fingerprint density at radius 3 is 1.27 bits per heavy atom. The van der Waals surface area contributed by atoms with Crippen LogP contribution in [-0.4, -0.2) is 65.8 Å². The second kappa shape index (κ2) is 10.8. The van der Waals surface area contributed by atoms with Crippen LogP contribution in [0.1, 0.15) is 0 Å². The second-order valence-electron chi connectivity index (χ2n) is 11.0. The predicted molar refractivity (Wildman–Crippen MR) is 172 cm³/mol. The van der Waals surface area contributed by atoms with Gasteiger partial charge < -0.3 is 19.1 Å². The molecule has 242 valence electrons. The summed E-state index contributed by atoms with van der Waals surface area (Å²) in [5.74, 6) is 0.876. The molecule has 9 rings (SSSR count). The molecule has 2 aliphatic heterocycles. The number of rotatable bonds is 2. The molecule has 3 aromatic heterocycles. The Morgan fingerprint density at radius 2 is 0.837 bits per heavy atom. The van der Waals surface area contributed by atoms with Crippen LogP contribution >= 0.6 is 0 Å². The summed E-state index contributed by atoms with van der Waals surface area (Å²) in [7, 11) is -11.0. The first-order valence-corrected chi connectivity index (χ1v) is 17.1. The maximum atomic E-state index is 12.7. The molecule has 17 heteroatoms. The van der Waals surface area contributed by atoms with E-state index in [1.54, 1.807) is 36.4 Å². The van der Waals surface area contributed by atoms with Gasteiger partial charge in [0.2, 0.25) is 0 Å². The van der Waals surface area contributed by atoms with E-state index in [1.807, 2.05) is 36.4 Å². The molecule has 49 heavy (non-hydrogen) atoms. The van der Waals surface area contributed by atoms with E-state index in [0.717, 1.165) is 16.8 Å². The Bertz CT molecular complexity index is 2980. The van der Waals surface area contributed by atoms with Crippen molar-refractivity contribution in [2.75, 3.05) is 0 Å². The zero-order valence-electron chi connectivity index (χ0n) is 24.3. The van der Waals surface area contributed by atoms with Gasteiger partial charge in [-0.1, -0.05) is 72.8 Å². The number of fused-ring (bicyclic) bond motifs is 20. The summed E-state index contributed by atoms with van der Waals surface area (Å²) < 4.78 is 74.7. The first-order chi connectivity index (χ1) is 23.0. The molecule has 5 heterocycles. The first kappa shape index (κ1) is 30.9. The summed E-state index contributed by atoms with van der Waals surface area (Å²) in [6.07, 6.45) is 0. The van der Waals surface area contributed by atoms with E-state index in [2.05, 4.69) is 19.9 Å². The van der Waals surface area contributed by atoms with E-state index in [1.165, 1.54) is 6.07 Å². The summed E-state index contributed by atoms with van der Waals surface area (Å²) in [6.45, 7) is 0. The fourth-order valence-electron chi connectivity index (χ4n) is 6.13. The van der Waals surface area contributed by atoms with Gasteiger partial charge in [0.25, 0.3) is 0 Å². The average molecular weight is 731 g/mol. The molecule has 0 saturated heterocycles. The average Bonchev–Trinajstić information content (AvgIpc) is 3.79. The minimum absolute atomic E-state index is 0. The van der Waals surface area contributed by atoms with Crippen LogP contribution in [0.2, 0.25) is 0 Å². The summed E-state index contributed by atoms with van der Waals surface area (Å²) in [6, 6.07) is 23.8. The first-order valence-electron chi connectivity index (χ1n) is 14.2. The van der Waals surface area contributed by atoms with Gasteiger partial charge in [0.15, 0.2) is 23.3 Å². The van der Waals surface area contributed by atoms with Gasteiger partial charge in [-0.15, -0.1) is 0 Å². The Balaban J connectivity index is 0.00000348. The zero-order valence-corrected chi connectivity index (χ0v) is 27.0. The maximum absolute atomic E-state index is 12.7. The van der Waals surface area contributed by atoms with Crippen molar-refractivity contribution in [1.29, 1.82) is 0 Å². The molecule has 8 bridgehead atoms. The molecule has 0 amide bonds. The molecule has 2 aliphatic rings. The SMILES string of the molecule is O=S(=O)([O-])c1ccc2c3nc4nc(nc5[nH]c(nc6nc(nc([nH]3)c2c1S(=O)(=O)[O-])-c1ccccc1-6)c1ccccc51)-c1ccccc1-4.[Ni+2]. The summed E-state index contributed by atoms with van der Waals surface area (Å²) in [4.78, 5) is 32.2. The van der Waals surface area contributed by atoms with Crippen molar-refractivity contribution in [3.63, 3.8) is 0 Å². The molecule has 0 atom stereocenters. The fourth-order valence-corrected chi connectivity index (χ4v) is 8.07. The van der Waals surface area contributed by atoms with Crippen molar-refractivity contribution in [1.82, 2.24) is 39.9 Å². The number of nitrogens with one attached hydrogen (secondary N) is 2. The molecule has 14 nitrogen and oxygen atoms in total. The van der Waals surface area contributed by atoms with Crippen molar-refractivity contribution in [3.05, 3.63) is 84.9 Å². The van der Waals surface area contributed by atoms with E-state index in [0.29, 0.717) is 39.4 Å². The standard InChI is InChI=1S/C32H18N8O6S2.Ni/c41-47(42,43)22-14-13-21-23(24(22)48(44,45)46)32-39-30-20-12-6-5-11-19(20)28(37-30)35-26-16-8-2-1-7-15(16)25(33-26)34-27-17-9-3-4-10-18(17)29(36-27)38-31(21)40-32;/h1-14H,(H,41,42,43)(H,44,45,46)(H2,33,34,35,36,37,38,39,40);/q;+2/p-2. The van der Waals surface area contributed by atoms with Gasteiger partial charge in [0.05, 0.1) is 9.79 Å². The van der Waals surface area contributed by atoms with Gasteiger partial charge in [0.1, 0.15) is 42.8 Å². The van der Waals surface area contributed by atoms with Crippen LogP contribution in [-0.2, 0) is 36.7 Å². The minimum atomic E-state index is -5.56. The molecule has 0 radical (unpaired) electrons. The number of H-pyrrole nitrogens is 2. The molecule has 0 unspecified atom stereocenters. The van der Waals surface area contributed by atoms with Crippen molar-refractivity contribution in [3.8, 4) is 45.6 Å². The molecule has 4 aromatic carbocycles. The quantitative estimate of drug-likeness (QED) is 0.183. The third-order valence-electron chi connectivity index (χ3n) is 8.16. The molecule has 0 saturated carbocycles. The van der Waals surface area contributed by atoms with Gasteiger partial charge in [-0.2, -0.15) is 0 Å². The summed E-state index contributed by atoms with van der Waals surface area (Å²) >= 11 is 0. The minimum Gasteiger partial charge on any atom is -0.744 e. The number of nitrogens with zero attached hydrogens (tertiary/aromatic N) is 6. The monoisotopic (exact) mass is 730 g/mol. The number of hydrogen-bond donors (Lipinski definition) is 2. The predicted octanol–water partition coefficient (Wildman–Crippen LogP) is 4.67. The van der Waals surface area contributed by atoms with E-state index >= 15 is 0 Å². The van der Waals surface area contributed by atoms with Crippen LogP contribution in [0.15, 0.2) is 94.7 Å². The van der Waals surface area contributed by atoms with Gasteiger partial charge in [-0.25, -0.2) is 46.7 Å². The molecule has 7 aromatic rings. The van der Waals surface area contributed by atoms with Crippen LogP contribution in [0.5, 0.6) is 0 Å². The third kappa shape index (κ3) is 4.82. The topological polar surface area (TPSA) is 223 Å². The Hall–Kier alpha value is -5.45. The van der Waals surface area contributed by atoms with E-state index in [-0.39, 0.29) is 50.6 Å². The summed E-state index contributed by atoms with van der Waals surface area (Å²) in [5.41, 5.74) is 3.08. The van der Waals surface area contributed by atoms with Crippen LogP contribution in [0, 0.1) is 0 Å². The van der Waals surface area contributed by atoms with E-state index in [9.17, 15) is 25.9 Å². The van der Waals surface area contributed by atoms with E-state index in [4.69, 9.17) is 19.9 Å². The normalized spacial score (nSPS) is 12.4. The van der Waals surface area contributed by atoms with Crippen LogP contribution < -0.4 is 0 Å². The van der Waals surface area contributed by atoms with Crippen LogP contribution in [0.25, 0.3) is 89.7 Å². The smallest absolute Gasteiger partial charge is 0.744 e. The molecule has 2 N–H and O–H groups in total. The van der Waals surface area contributed by atoms with Crippen molar-refractivity contribution >= 4 is 64.4 Å². The van der Waals surface area contributed by atoms with Crippen LogP contribution in [0.4, 0.5) is 0 Å². The molecular formula is C32H16N8NiO6S2. The molecule has 0 spiro atoms.